The Hall–Kier alpha value is -2.30. The van der Waals surface area contributed by atoms with Gasteiger partial charge < -0.3 is 10.2 Å². The predicted octanol–water partition coefficient (Wildman–Crippen LogP) is 2.74. The van der Waals surface area contributed by atoms with Crippen molar-refractivity contribution in [3.63, 3.8) is 0 Å². The number of nitrogens with zero attached hydrogens (tertiary/aromatic N) is 2. The number of benzene rings is 1. The Bertz CT molecular complexity index is 1150. The molecule has 2 N–H and O–H groups in total. The van der Waals surface area contributed by atoms with Gasteiger partial charge in [0.2, 0.25) is 15.9 Å². The second-order valence-corrected chi connectivity index (χ2v) is 10.7. The van der Waals surface area contributed by atoms with Crippen LogP contribution in [0.2, 0.25) is 0 Å². The fourth-order valence-electron chi connectivity index (χ4n) is 3.92. The van der Waals surface area contributed by atoms with Gasteiger partial charge in [-0.1, -0.05) is 11.3 Å². The molecular formula is C20H24N4O4S2. The molecule has 30 heavy (non-hydrogen) atoms. The Morgan fingerprint density at radius 3 is 2.63 bits per heavy atom. The Morgan fingerprint density at radius 2 is 2.03 bits per heavy atom. The molecule has 1 unspecified atom stereocenters. The Morgan fingerprint density at radius 1 is 1.33 bits per heavy atom. The van der Waals surface area contributed by atoms with Gasteiger partial charge in [-0.2, -0.15) is 0 Å². The molecule has 0 bridgehead atoms. The molecule has 4 rings (SSSR count). The smallest absolute Gasteiger partial charge is 0.256 e. The summed E-state index contributed by atoms with van der Waals surface area (Å²) >= 11 is 1.28. The third kappa shape index (κ3) is 3.63. The average molecular weight is 449 g/mol. The summed E-state index contributed by atoms with van der Waals surface area (Å²) in [6.07, 6.45) is 2.19. The predicted molar refractivity (Wildman–Crippen MR) is 115 cm³/mol. The molecule has 1 fully saturated rings. The van der Waals surface area contributed by atoms with Gasteiger partial charge in [0.15, 0.2) is 5.13 Å². The molecule has 2 aliphatic rings. The van der Waals surface area contributed by atoms with E-state index < -0.39 is 10.0 Å². The van der Waals surface area contributed by atoms with E-state index in [-0.39, 0.29) is 28.3 Å². The van der Waals surface area contributed by atoms with E-state index in [0.717, 1.165) is 17.7 Å². The molecule has 1 aromatic carbocycles. The molecule has 0 radical (unpaired) electrons. The van der Waals surface area contributed by atoms with Gasteiger partial charge >= 0.3 is 0 Å². The number of rotatable bonds is 6. The topological polar surface area (TPSA) is 108 Å². The first-order valence-electron chi connectivity index (χ1n) is 9.79. The number of aromatic nitrogens is 1. The minimum Gasteiger partial charge on any atom is -0.331 e. The molecule has 2 amide bonds. The third-order valence-corrected chi connectivity index (χ3v) is 8.26. The minimum atomic E-state index is -3.85. The number of nitrogens with one attached hydrogen (secondary N) is 2. The summed E-state index contributed by atoms with van der Waals surface area (Å²) in [6.45, 7) is 5.64. The maximum atomic E-state index is 13.2. The average Bonchev–Trinajstić information content (AvgIpc) is 3.40. The van der Waals surface area contributed by atoms with E-state index in [0.29, 0.717) is 34.4 Å². The van der Waals surface area contributed by atoms with Crippen LogP contribution in [0, 0.1) is 12.8 Å². The van der Waals surface area contributed by atoms with Crippen LogP contribution in [-0.2, 0) is 21.4 Å². The highest BCUT2D eigenvalue weighted by Crippen LogP contribution is 2.42. The van der Waals surface area contributed by atoms with Gasteiger partial charge in [0, 0.05) is 19.5 Å². The van der Waals surface area contributed by atoms with E-state index in [1.165, 1.54) is 31.4 Å². The first-order chi connectivity index (χ1) is 14.1. The third-order valence-electron chi connectivity index (χ3n) is 5.70. The number of carbonyl (C=O) groups is 2. The second kappa shape index (κ2) is 7.44. The molecule has 0 spiro atoms. The number of anilines is 1. The summed E-state index contributed by atoms with van der Waals surface area (Å²) in [7, 11) is -2.51. The molecule has 1 saturated carbocycles. The molecule has 0 saturated heterocycles. The van der Waals surface area contributed by atoms with Crippen LogP contribution in [0.1, 0.15) is 48.3 Å². The largest absolute Gasteiger partial charge is 0.331 e. The lowest BCUT2D eigenvalue weighted by atomic mass is 10.0. The van der Waals surface area contributed by atoms with E-state index in [1.54, 1.807) is 4.90 Å². The monoisotopic (exact) mass is 448 g/mol. The number of fused-ring (bicyclic) bond motifs is 1. The summed E-state index contributed by atoms with van der Waals surface area (Å²) in [5, 5.41) is 3.12. The maximum absolute atomic E-state index is 13.2. The van der Waals surface area contributed by atoms with Crippen LogP contribution < -0.4 is 10.0 Å². The number of thiazole rings is 1. The first-order valence-corrected chi connectivity index (χ1v) is 12.1. The van der Waals surface area contributed by atoms with E-state index in [9.17, 15) is 18.0 Å². The van der Waals surface area contributed by atoms with Gasteiger partial charge in [-0.3, -0.25) is 9.59 Å². The maximum Gasteiger partial charge on any atom is 0.256 e. The molecule has 2 heterocycles. The molecule has 1 aromatic heterocycles. The molecular weight excluding hydrogens is 424 g/mol. The summed E-state index contributed by atoms with van der Waals surface area (Å²) in [5.41, 5.74) is 2.31. The zero-order valence-corrected chi connectivity index (χ0v) is 18.9. The van der Waals surface area contributed by atoms with Crippen molar-refractivity contribution >= 4 is 38.3 Å². The molecule has 8 nitrogen and oxygen atoms in total. The molecule has 1 aliphatic carbocycles. The van der Waals surface area contributed by atoms with Crippen LogP contribution in [0.4, 0.5) is 5.13 Å². The normalized spacial score (nSPS) is 17.2. The minimum absolute atomic E-state index is 0.0122. The Kier molecular flexibility index (Phi) is 5.19. The van der Waals surface area contributed by atoms with Crippen LogP contribution >= 0.6 is 11.3 Å². The number of hydrogen-bond acceptors (Lipinski definition) is 6. The lowest BCUT2D eigenvalue weighted by molar-refractivity contribution is -0.114. The van der Waals surface area contributed by atoms with Crippen molar-refractivity contribution in [3.05, 3.63) is 29.0 Å². The highest BCUT2D eigenvalue weighted by molar-refractivity contribution is 7.89. The van der Waals surface area contributed by atoms with Crippen molar-refractivity contribution in [2.24, 2.45) is 5.92 Å². The number of amides is 2. The Labute approximate surface area is 179 Å². The highest BCUT2D eigenvalue weighted by Gasteiger charge is 2.41. The van der Waals surface area contributed by atoms with Crippen LogP contribution in [0.15, 0.2) is 17.0 Å². The van der Waals surface area contributed by atoms with E-state index in [4.69, 9.17) is 0 Å². The zero-order valence-electron chi connectivity index (χ0n) is 17.3. The van der Waals surface area contributed by atoms with Crippen molar-refractivity contribution in [1.29, 1.82) is 0 Å². The summed E-state index contributed by atoms with van der Waals surface area (Å²) < 4.78 is 27.9. The standard InChI is InChI=1S/C20H24N4O4S2/c1-10-18(29-20(22-10)23-12(3)25)14-7-15-9-24(11(2)13-5-6-13)19(26)17(15)16(8-14)30(27,28)21-4/h7-8,11,13,21H,5-6,9H2,1-4H3,(H,22,23,25). The molecule has 1 aliphatic heterocycles. The van der Waals surface area contributed by atoms with Crippen molar-refractivity contribution < 1.29 is 18.0 Å². The van der Waals surface area contributed by atoms with E-state index in [1.807, 2.05) is 19.9 Å². The molecule has 2 aromatic rings. The molecule has 10 heteroatoms. The van der Waals surface area contributed by atoms with E-state index >= 15 is 0 Å². The lowest BCUT2D eigenvalue weighted by Crippen LogP contribution is -2.35. The van der Waals surface area contributed by atoms with Crippen molar-refractivity contribution in [2.75, 3.05) is 12.4 Å². The van der Waals surface area contributed by atoms with Gasteiger partial charge in [0.25, 0.3) is 5.91 Å². The van der Waals surface area contributed by atoms with Gasteiger partial charge in [-0.25, -0.2) is 18.1 Å². The first kappa shape index (κ1) is 21.0. The zero-order chi connectivity index (χ0) is 21.8. The fraction of sp³-hybridized carbons (Fsp3) is 0.450. The van der Waals surface area contributed by atoms with Gasteiger partial charge in [-0.05, 0) is 62.9 Å². The number of carbonyl (C=O) groups excluding carboxylic acids is 2. The van der Waals surface area contributed by atoms with Gasteiger partial charge in [0.05, 0.1) is 21.0 Å². The van der Waals surface area contributed by atoms with Crippen molar-refractivity contribution in [2.45, 2.75) is 51.1 Å². The van der Waals surface area contributed by atoms with Crippen molar-refractivity contribution in [1.82, 2.24) is 14.6 Å². The quantitative estimate of drug-likeness (QED) is 0.706. The van der Waals surface area contributed by atoms with Crippen LogP contribution in [-0.4, -0.2) is 43.2 Å². The lowest BCUT2D eigenvalue weighted by Gasteiger charge is -2.24. The number of hydrogen-bond donors (Lipinski definition) is 2. The van der Waals surface area contributed by atoms with E-state index in [2.05, 4.69) is 15.0 Å². The highest BCUT2D eigenvalue weighted by atomic mass is 32.2. The second-order valence-electron chi connectivity index (χ2n) is 7.84. The summed E-state index contributed by atoms with van der Waals surface area (Å²) in [6, 6.07) is 3.49. The van der Waals surface area contributed by atoms with Crippen LogP contribution in [0.5, 0.6) is 0 Å². The molecule has 160 valence electrons. The fourth-order valence-corrected chi connectivity index (χ4v) is 5.91. The van der Waals surface area contributed by atoms with Crippen LogP contribution in [0.3, 0.4) is 0 Å². The summed E-state index contributed by atoms with van der Waals surface area (Å²) in [5.74, 6) is 0.0267. The van der Waals surface area contributed by atoms with Gasteiger partial charge in [-0.15, -0.1) is 0 Å². The number of aryl methyl sites for hydroxylation is 1. The molecule has 1 atom stereocenters. The number of sulfonamides is 1. The SMILES string of the molecule is CNS(=O)(=O)c1cc(-c2sc(NC(C)=O)nc2C)cc2c1C(=O)N(C(C)C1CC1)C2. The van der Waals surface area contributed by atoms with Crippen LogP contribution in [0.25, 0.3) is 10.4 Å². The van der Waals surface area contributed by atoms with Crippen molar-refractivity contribution in [3.8, 4) is 10.4 Å². The summed E-state index contributed by atoms with van der Waals surface area (Å²) in [4.78, 5) is 31.4. The van der Waals surface area contributed by atoms with Gasteiger partial charge in [0.1, 0.15) is 0 Å². The Balaban J connectivity index is 1.84.